The molecule has 4 nitrogen and oxygen atoms in total. The molecule has 0 saturated heterocycles. The first-order valence-corrected chi connectivity index (χ1v) is 7.82. The van der Waals surface area contributed by atoms with E-state index in [4.69, 9.17) is 0 Å². The lowest BCUT2D eigenvalue weighted by atomic mass is 10.1. The van der Waals surface area contributed by atoms with Gasteiger partial charge >= 0.3 is 0 Å². The summed E-state index contributed by atoms with van der Waals surface area (Å²) in [7, 11) is -3.39. The van der Waals surface area contributed by atoms with Crippen LogP contribution >= 0.6 is 0 Å². The molecule has 0 fully saturated rings. The Kier molecular flexibility index (Phi) is 3.64. The molecule has 5 heteroatoms. The zero-order valence-corrected chi connectivity index (χ0v) is 11.8. The van der Waals surface area contributed by atoms with Gasteiger partial charge in [0.05, 0.1) is 4.90 Å². The minimum absolute atomic E-state index is 0.0414. The fourth-order valence-electron chi connectivity index (χ4n) is 2.11. The lowest BCUT2D eigenvalue weighted by Crippen LogP contribution is -2.32. The molecule has 1 aromatic carbocycles. The second-order valence-corrected chi connectivity index (χ2v) is 6.71. The smallest absolute Gasteiger partial charge is 0.240 e. The van der Waals surface area contributed by atoms with Crippen molar-refractivity contribution in [1.29, 1.82) is 0 Å². The average molecular weight is 268 g/mol. The van der Waals surface area contributed by atoms with Gasteiger partial charge in [0.1, 0.15) is 0 Å². The van der Waals surface area contributed by atoms with E-state index in [9.17, 15) is 8.42 Å². The monoisotopic (exact) mass is 268 g/mol. The van der Waals surface area contributed by atoms with Crippen LogP contribution in [0.2, 0.25) is 0 Å². The van der Waals surface area contributed by atoms with Crippen LogP contribution in [0, 0.1) is 0 Å². The third-order valence-electron chi connectivity index (χ3n) is 3.28. The normalized spacial score (nSPS) is 20.3. The summed E-state index contributed by atoms with van der Waals surface area (Å²) in [6.45, 7) is 5.92. The third kappa shape index (κ3) is 2.67. The Morgan fingerprint density at radius 1 is 1.50 bits per heavy atom. The Morgan fingerprint density at radius 3 is 2.89 bits per heavy atom. The molecule has 0 amide bonds. The van der Waals surface area contributed by atoms with Crippen LogP contribution in [0.3, 0.4) is 0 Å². The summed E-state index contributed by atoms with van der Waals surface area (Å²) in [5.41, 5.74) is 2.12. The molecule has 0 unspecified atom stereocenters. The molecular formula is C13H20N2O2S. The molecule has 0 saturated carbocycles. The Balaban J connectivity index is 2.27. The summed E-state index contributed by atoms with van der Waals surface area (Å²) in [5, 5.41) is 3.31. The van der Waals surface area contributed by atoms with Crippen LogP contribution in [-0.2, 0) is 16.4 Å². The lowest BCUT2D eigenvalue weighted by Gasteiger charge is -2.12. The van der Waals surface area contributed by atoms with Crippen LogP contribution in [0.1, 0.15) is 32.8 Å². The van der Waals surface area contributed by atoms with E-state index in [2.05, 4.69) is 17.0 Å². The molecule has 2 N–H and O–H groups in total. The van der Waals surface area contributed by atoms with E-state index in [1.54, 1.807) is 12.1 Å². The molecular weight excluding hydrogens is 248 g/mol. The van der Waals surface area contributed by atoms with Crippen molar-refractivity contribution in [3.8, 4) is 0 Å². The van der Waals surface area contributed by atoms with Crippen molar-refractivity contribution < 1.29 is 8.42 Å². The second kappa shape index (κ2) is 4.90. The van der Waals surface area contributed by atoms with Crippen molar-refractivity contribution in [2.24, 2.45) is 0 Å². The first kappa shape index (κ1) is 13.4. The van der Waals surface area contributed by atoms with Crippen molar-refractivity contribution in [1.82, 2.24) is 4.72 Å². The maximum Gasteiger partial charge on any atom is 0.240 e. The van der Waals surface area contributed by atoms with Crippen molar-refractivity contribution in [3.05, 3.63) is 23.8 Å². The van der Waals surface area contributed by atoms with Crippen LogP contribution in [0.25, 0.3) is 0 Å². The molecule has 2 rings (SSSR count). The van der Waals surface area contributed by atoms with Crippen molar-refractivity contribution in [2.75, 3.05) is 5.32 Å². The van der Waals surface area contributed by atoms with E-state index < -0.39 is 10.0 Å². The minimum Gasteiger partial charge on any atom is -0.382 e. The molecule has 18 heavy (non-hydrogen) atoms. The van der Waals surface area contributed by atoms with Crippen LogP contribution < -0.4 is 10.0 Å². The molecule has 100 valence electrons. The quantitative estimate of drug-likeness (QED) is 0.879. The lowest BCUT2D eigenvalue weighted by molar-refractivity contribution is 0.556. The van der Waals surface area contributed by atoms with Crippen molar-refractivity contribution >= 4 is 15.7 Å². The first-order valence-electron chi connectivity index (χ1n) is 6.34. The van der Waals surface area contributed by atoms with Gasteiger partial charge in [0.15, 0.2) is 0 Å². The summed E-state index contributed by atoms with van der Waals surface area (Å²) in [5.74, 6) is 0. The van der Waals surface area contributed by atoms with Gasteiger partial charge in [-0.2, -0.15) is 0 Å². The number of benzene rings is 1. The Morgan fingerprint density at radius 2 is 2.22 bits per heavy atom. The molecule has 1 aliphatic rings. The summed E-state index contributed by atoms with van der Waals surface area (Å²) in [6, 6.07) is 5.62. The largest absolute Gasteiger partial charge is 0.382 e. The van der Waals surface area contributed by atoms with Crippen LogP contribution in [-0.4, -0.2) is 20.5 Å². The van der Waals surface area contributed by atoms with Gasteiger partial charge in [-0.25, -0.2) is 13.1 Å². The van der Waals surface area contributed by atoms with Crippen molar-refractivity contribution in [2.45, 2.75) is 50.6 Å². The number of nitrogens with one attached hydrogen (secondary N) is 2. The molecule has 0 radical (unpaired) electrons. The van der Waals surface area contributed by atoms with Gasteiger partial charge in [-0.1, -0.05) is 6.92 Å². The number of anilines is 1. The maximum absolute atomic E-state index is 12.2. The summed E-state index contributed by atoms with van der Waals surface area (Å²) in [4.78, 5) is 0.359. The third-order valence-corrected chi connectivity index (χ3v) is 4.87. The van der Waals surface area contributed by atoms with Gasteiger partial charge in [-0.05, 0) is 50.5 Å². The number of rotatable bonds is 4. The zero-order valence-electron chi connectivity index (χ0n) is 11.0. The molecule has 0 bridgehead atoms. The minimum atomic E-state index is -3.39. The predicted octanol–water partition coefficient (Wildman–Crippen LogP) is 2.12. The topological polar surface area (TPSA) is 58.2 Å². The molecule has 1 heterocycles. The van der Waals surface area contributed by atoms with Crippen molar-refractivity contribution in [3.63, 3.8) is 0 Å². The van der Waals surface area contributed by atoms with E-state index in [-0.39, 0.29) is 6.04 Å². The van der Waals surface area contributed by atoms with E-state index in [1.807, 2.05) is 19.9 Å². The molecule has 0 spiro atoms. The fourth-order valence-corrected chi connectivity index (χ4v) is 3.49. The first-order chi connectivity index (χ1) is 8.42. The van der Waals surface area contributed by atoms with Gasteiger partial charge in [0.25, 0.3) is 0 Å². The summed E-state index contributed by atoms with van der Waals surface area (Å²) >= 11 is 0. The highest BCUT2D eigenvalue weighted by Crippen LogP contribution is 2.28. The van der Waals surface area contributed by atoms with Gasteiger partial charge in [-0.15, -0.1) is 0 Å². The number of fused-ring (bicyclic) bond motifs is 1. The SMILES string of the molecule is CC[C@@H](C)NS(=O)(=O)c1ccc2c(c1)C[C@H](C)N2. The summed E-state index contributed by atoms with van der Waals surface area (Å²) in [6.07, 6.45) is 1.66. The van der Waals surface area contributed by atoms with E-state index in [0.717, 1.165) is 24.1 Å². The second-order valence-electron chi connectivity index (χ2n) is 5.00. The highest BCUT2D eigenvalue weighted by Gasteiger charge is 2.21. The number of hydrogen-bond donors (Lipinski definition) is 2. The predicted molar refractivity (Wildman–Crippen MR) is 73.3 cm³/mol. The highest BCUT2D eigenvalue weighted by atomic mass is 32.2. The van der Waals surface area contributed by atoms with Crippen LogP contribution in [0.15, 0.2) is 23.1 Å². The molecule has 1 aliphatic heterocycles. The Labute approximate surface area is 109 Å². The average Bonchev–Trinajstić information content (AvgIpc) is 2.67. The summed E-state index contributed by atoms with van der Waals surface area (Å²) < 4.78 is 27.0. The standard InChI is InChI=1S/C13H20N2O2S/c1-4-9(2)15-18(16,17)12-5-6-13-11(8-12)7-10(3)14-13/h5-6,8-10,14-15H,4,7H2,1-3H3/t9-,10+/m1/s1. The Hall–Kier alpha value is -1.07. The van der Waals surface area contributed by atoms with E-state index >= 15 is 0 Å². The van der Waals surface area contributed by atoms with Gasteiger partial charge in [0, 0.05) is 17.8 Å². The molecule has 0 aliphatic carbocycles. The highest BCUT2D eigenvalue weighted by molar-refractivity contribution is 7.89. The van der Waals surface area contributed by atoms with E-state index in [0.29, 0.717) is 10.9 Å². The molecule has 0 aromatic heterocycles. The van der Waals surface area contributed by atoms with E-state index in [1.165, 1.54) is 0 Å². The van der Waals surface area contributed by atoms with Gasteiger partial charge in [0.2, 0.25) is 10.0 Å². The molecule has 1 aromatic rings. The maximum atomic E-state index is 12.2. The zero-order chi connectivity index (χ0) is 13.3. The Bertz CT molecular complexity index is 540. The molecule has 2 atom stereocenters. The van der Waals surface area contributed by atoms with Gasteiger partial charge in [-0.3, -0.25) is 0 Å². The van der Waals surface area contributed by atoms with Crippen LogP contribution in [0.5, 0.6) is 0 Å². The number of sulfonamides is 1. The fraction of sp³-hybridized carbons (Fsp3) is 0.538. The van der Waals surface area contributed by atoms with Gasteiger partial charge < -0.3 is 5.32 Å². The van der Waals surface area contributed by atoms with Crippen LogP contribution in [0.4, 0.5) is 5.69 Å². The number of hydrogen-bond acceptors (Lipinski definition) is 3.